The smallest absolute Gasteiger partial charge is 0.314 e. The maximum atomic E-state index is 13.7. The van der Waals surface area contributed by atoms with Crippen molar-refractivity contribution in [2.24, 2.45) is 11.8 Å². The first-order chi connectivity index (χ1) is 30.6. The number of fused-ring (bicyclic) bond motifs is 1. The van der Waals surface area contributed by atoms with Crippen LogP contribution in [-0.2, 0) is 54.3 Å². The van der Waals surface area contributed by atoms with Crippen molar-refractivity contribution < 1.29 is 38.1 Å². The molecule has 2 aliphatic rings. The number of pyridine rings is 1. The van der Waals surface area contributed by atoms with Crippen molar-refractivity contribution in [1.29, 1.82) is 0 Å². The molecular weight excluding hydrogens is 791 g/mol. The number of ether oxygens (including phenoxy) is 4. The summed E-state index contributed by atoms with van der Waals surface area (Å²) in [5.74, 6) is -1.19. The molecule has 0 unspecified atom stereocenters. The van der Waals surface area contributed by atoms with Crippen molar-refractivity contribution in [1.82, 2.24) is 4.98 Å². The van der Waals surface area contributed by atoms with Gasteiger partial charge in [0.15, 0.2) is 5.75 Å². The van der Waals surface area contributed by atoms with E-state index in [0.29, 0.717) is 105 Å². The summed E-state index contributed by atoms with van der Waals surface area (Å²) in [5, 5.41) is 0.600. The molecule has 0 aliphatic heterocycles. The summed E-state index contributed by atoms with van der Waals surface area (Å²) in [6, 6.07) is 31.9. The standard InChI is InChI=1S/C54H61NO8/c1-4-9-37-13-17-39(18-14-37)21-33-49(56)60-44-27-23-42(24-28-44)53(58)62-47-31-32-48(52-51(47)36(3)35-46(55-52)41-11-7-6-8-12-41)63-54(59)43-25-29-45(30-26-43)61-50(57)34-22-40-19-15-38(10-5-2)16-20-40/h6-8,11-20,31-32,35,42-45H,4-5,9-10,21-30,33-34H2,1-3H3. The number of carbonyl (C=O) groups excluding carboxylic acids is 4. The molecule has 63 heavy (non-hydrogen) atoms. The summed E-state index contributed by atoms with van der Waals surface area (Å²) >= 11 is 0. The SMILES string of the molecule is CCCc1ccc(CCC(=O)OC2CCC(C(=O)Oc3ccc(OC(=O)C4CCC(OC(=O)CCc5ccc(CCC)cc5)CC4)c4c(C)cc(-c5ccccc5)nc34)CC2)cc1. The van der Waals surface area contributed by atoms with E-state index in [1.807, 2.05) is 43.3 Å². The lowest BCUT2D eigenvalue weighted by molar-refractivity contribution is -0.153. The van der Waals surface area contributed by atoms with E-state index >= 15 is 0 Å². The maximum Gasteiger partial charge on any atom is 0.314 e. The average molecular weight is 852 g/mol. The third-order valence-corrected chi connectivity index (χ3v) is 12.5. The van der Waals surface area contributed by atoms with Crippen molar-refractivity contribution in [3.63, 3.8) is 0 Å². The molecule has 1 aromatic heterocycles. The van der Waals surface area contributed by atoms with Gasteiger partial charge in [-0.25, -0.2) is 4.98 Å². The Labute approximate surface area is 371 Å². The Bertz CT molecular complexity index is 2320. The molecule has 5 aromatic rings. The molecule has 9 nitrogen and oxygen atoms in total. The van der Waals surface area contributed by atoms with Crippen LogP contribution in [0.15, 0.2) is 97.1 Å². The highest BCUT2D eigenvalue weighted by Crippen LogP contribution is 2.39. The van der Waals surface area contributed by atoms with Crippen LogP contribution in [0.5, 0.6) is 11.5 Å². The summed E-state index contributed by atoms with van der Waals surface area (Å²) in [5.41, 5.74) is 7.70. The molecule has 0 spiro atoms. The van der Waals surface area contributed by atoms with Gasteiger partial charge in [-0.3, -0.25) is 19.2 Å². The van der Waals surface area contributed by atoms with Crippen molar-refractivity contribution in [3.05, 3.63) is 125 Å². The normalized spacial score (nSPS) is 18.7. The van der Waals surface area contributed by atoms with Gasteiger partial charge in [0.2, 0.25) is 0 Å². The molecule has 0 saturated heterocycles. The monoisotopic (exact) mass is 851 g/mol. The van der Waals surface area contributed by atoms with Crippen LogP contribution in [-0.4, -0.2) is 41.1 Å². The van der Waals surface area contributed by atoms with E-state index in [1.54, 1.807) is 12.1 Å². The van der Waals surface area contributed by atoms with Crippen LogP contribution in [0.4, 0.5) is 0 Å². The van der Waals surface area contributed by atoms with E-state index < -0.39 is 0 Å². The highest BCUT2D eigenvalue weighted by atomic mass is 16.6. The van der Waals surface area contributed by atoms with E-state index in [1.165, 1.54) is 11.1 Å². The van der Waals surface area contributed by atoms with Gasteiger partial charge >= 0.3 is 23.9 Å². The van der Waals surface area contributed by atoms with Gasteiger partial charge in [-0.2, -0.15) is 0 Å². The Balaban J connectivity index is 0.944. The van der Waals surface area contributed by atoms with Gasteiger partial charge in [0, 0.05) is 23.8 Å². The van der Waals surface area contributed by atoms with Gasteiger partial charge in [0.25, 0.3) is 0 Å². The summed E-state index contributed by atoms with van der Waals surface area (Å²) in [6.45, 7) is 6.26. The van der Waals surface area contributed by atoms with Gasteiger partial charge in [0.1, 0.15) is 23.5 Å². The minimum Gasteiger partial charge on any atom is -0.462 e. The van der Waals surface area contributed by atoms with Crippen LogP contribution < -0.4 is 9.47 Å². The zero-order valence-corrected chi connectivity index (χ0v) is 37.1. The number of hydrogen-bond donors (Lipinski definition) is 0. The van der Waals surface area contributed by atoms with E-state index in [9.17, 15) is 19.2 Å². The highest BCUT2D eigenvalue weighted by Gasteiger charge is 2.32. The lowest BCUT2D eigenvalue weighted by Gasteiger charge is -2.27. The topological polar surface area (TPSA) is 118 Å². The van der Waals surface area contributed by atoms with Crippen LogP contribution in [0.3, 0.4) is 0 Å². The fourth-order valence-corrected chi connectivity index (χ4v) is 8.92. The molecule has 0 amide bonds. The summed E-state index contributed by atoms with van der Waals surface area (Å²) < 4.78 is 23.9. The highest BCUT2D eigenvalue weighted by molar-refractivity contribution is 5.97. The first kappa shape index (κ1) is 45.2. The molecule has 2 fully saturated rings. The van der Waals surface area contributed by atoms with Crippen LogP contribution in [0.2, 0.25) is 0 Å². The number of benzene rings is 4. The Kier molecular flexibility index (Phi) is 15.8. The van der Waals surface area contributed by atoms with Crippen LogP contribution in [0.1, 0.15) is 119 Å². The molecule has 4 aromatic carbocycles. The predicted molar refractivity (Wildman–Crippen MR) is 244 cm³/mol. The van der Waals surface area contributed by atoms with Crippen LogP contribution in [0.25, 0.3) is 22.2 Å². The number of rotatable bonds is 17. The second-order valence-corrected chi connectivity index (χ2v) is 17.4. The fraction of sp³-hybridized carbons (Fsp3) is 0.426. The van der Waals surface area contributed by atoms with Gasteiger partial charge in [-0.1, -0.05) is 106 Å². The third-order valence-electron chi connectivity index (χ3n) is 12.5. The van der Waals surface area contributed by atoms with Gasteiger partial charge in [-0.15, -0.1) is 0 Å². The molecule has 0 radical (unpaired) electrons. The molecule has 7 rings (SSSR count). The summed E-state index contributed by atoms with van der Waals surface area (Å²) in [6.07, 6.45) is 10.3. The fourth-order valence-electron chi connectivity index (χ4n) is 8.92. The lowest BCUT2D eigenvalue weighted by Crippen LogP contribution is -2.30. The quantitative estimate of drug-likeness (QED) is 0.0665. The van der Waals surface area contributed by atoms with E-state index in [4.69, 9.17) is 23.9 Å². The molecule has 9 heteroatoms. The average Bonchev–Trinajstić information content (AvgIpc) is 3.30. The predicted octanol–water partition coefficient (Wildman–Crippen LogP) is 11.4. The number of esters is 4. The Hall–Kier alpha value is -5.83. The Morgan fingerprint density at radius 1 is 0.540 bits per heavy atom. The lowest BCUT2D eigenvalue weighted by atomic mass is 9.87. The van der Waals surface area contributed by atoms with Crippen LogP contribution in [0, 0.1) is 18.8 Å². The van der Waals surface area contributed by atoms with Crippen molar-refractivity contribution in [3.8, 4) is 22.8 Å². The molecule has 2 saturated carbocycles. The molecule has 2 aliphatic carbocycles. The van der Waals surface area contributed by atoms with E-state index in [-0.39, 0.29) is 47.9 Å². The second kappa shape index (κ2) is 22.0. The number of aryl methyl sites for hydroxylation is 5. The number of carbonyl (C=O) groups is 4. The van der Waals surface area contributed by atoms with Crippen molar-refractivity contribution in [2.75, 3.05) is 0 Å². The second-order valence-electron chi connectivity index (χ2n) is 17.4. The number of aromatic nitrogens is 1. The van der Waals surface area contributed by atoms with Gasteiger partial charge in [-0.05, 0) is 130 Å². The Morgan fingerprint density at radius 2 is 0.968 bits per heavy atom. The van der Waals surface area contributed by atoms with Gasteiger partial charge < -0.3 is 18.9 Å². The van der Waals surface area contributed by atoms with E-state index in [0.717, 1.165) is 47.9 Å². The molecule has 0 N–H and O–H groups in total. The van der Waals surface area contributed by atoms with Crippen molar-refractivity contribution >= 4 is 34.8 Å². The first-order valence-electron chi connectivity index (χ1n) is 23.1. The van der Waals surface area contributed by atoms with Crippen LogP contribution >= 0.6 is 0 Å². The third kappa shape index (κ3) is 12.4. The zero-order chi connectivity index (χ0) is 44.1. The minimum absolute atomic E-state index is 0.215. The Morgan fingerprint density at radius 3 is 1.43 bits per heavy atom. The maximum absolute atomic E-state index is 13.7. The molecule has 0 bridgehead atoms. The number of hydrogen-bond acceptors (Lipinski definition) is 9. The van der Waals surface area contributed by atoms with E-state index in [2.05, 4.69) is 62.4 Å². The molecule has 1 heterocycles. The molecule has 330 valence electrons. The zero-order valence-electron chi connectivity index (χ0n) is 37.1. The summed E-state index contributed by atoms with van der Waals surface area (Å²) in [7, 11) is 0. The molecular formula is C54H61NO8. The molecule has 0 atom stereocenters. The largest absolute Gasteiger partial charge is 0.462 e. The summed E-state index contributed by atoms with van der Waals surface area (Å²) in [4.78, 5) is 57.9. The first-order valence-corrected chi connectivity index (χ1v) is 23.1. The minimum atomic E-state index is -0.361. The van der Waals surface area contributed by atoms with Gasteiger partial charge in [0.05, 0.1) is 17.5 Å². The number of nitrogens with zero attached hydrogens (tertiary/aromatic N) is 1. The van der Waals surface area contributed by atoms with Crippen molar-refractivity contribution in [2.45, 2.75) is 136 Å².